The fraction of sp³-hybridized carbons (Fsp3) is 0.143. The average Bonchev–Trinajstić information content (AvgIpc) is 3.21. The molecule has 2 aromatic carbocycles. The number of aryl methyl sites for hydroxylation is 2. The molecule has 4 aromatic rings. The second-order valence-corrected chi connectivity index (χ2v) is 6.94. The molecule has 2 N–H and O–H groups in total. The first-order valence-electron chi connectivity index (χ1n) is 8.74. The molecule has 0 aliphatic heterocycles. The summed E-state index contributed by atoms with van der Waals surface area (Å²) in [4.78, 5) is 16.0. The molecule has 0 aliphatic carbocycles. The van der Waals surface area contributed by atoms with Crippen LogP contribution in [0.15, 0.2) is 48.7 Å². The van der Waals surface area contributed by atoms with E-state index in [0.29, 0.717) is 16.3 Å². The van der Waals surface area contributed by atoms with Crippen molar-refractivity contribution in [2.24, 2.45) is 7.05 Å². The smallest absolute Gasteiger partial charge is 0.255 e. The predicted octanol–water partition coefficient (Wildman–Crippen LogP) is 4.79. The highest BCUT2D eigenvalue weighted by Crippen LogP contribution is 2.37. The highest BCUT2D eigenvalue weighted by atomic mass is 35.5. The van der Waals surface area contributed by atoms with E-state index < -0.39 is 0 Å². The van der Waals surface area contributed by atoms with Gasteiger partial charge in [0.1, 0.15) is 5.75 Å². The lowest BCUT2D eigenvalue weighted by atomic mass is 10.1. The maximum Gasteiger partial charge on any atom is 0.255 e. The topological polar surface area (TPSA) is 71.9 Å². The zero-order valence-corrected chi connectivity index (χ0v) is 16.5. The molecule has 142 valence electrons. The lowest BCUT2D eigenvalue weighted by Crippen LogP contribution is -2.13. The summed E-state index contributed by atoms with van der Waals surface area (Å²) < 4.78 is 7.14. The molecule has 0 saturated heterocycles. The number of benzene rings is 2. The van der Waals surface area contributed by atoms with E-state index in [4.69, 9.17) is 16.3 Å². The SMILES string of the molecule is COc1ccc2[nH]cc(-c3c(NC(=O)c4ccc(Cl)cc4)c(C)nn3C)c2c1. The molecule has 2 aromatic heterocycles. The third-order valence-corrected chi connectivity index (χ3v) is 4.96. The van der Waals surface area contributed by atoms with Gasteiger partial charge < -0.3 is 15.0 Å². The van der Waals surface area contributed by atoms with E-state index in [0.717, 1.165) is 33.6 Å². The van der Waals surface area contributed by atoms with Crippen molar-refractivity contribution in [3.05, 3.63) is 64.9 Å². The van der Waals surface area contributed by atoms with Gasteiger partial charge in [-0.1, -0.05) is 11.6 Å². The summed E-state index contributed by atoms with van der Waals surface area (Å²) in [5, 5.41) is 9.10. The number of rotatable bonds is 4. The van der Waals surface area contributed by atoms with Crippen molar-refractivity contribution in [1.82, 2.24) is 14.8 Å². The van der Waals surface area contributed by atoms with Gasteiger partial charge in [-0.2, -0.15) is 5.10 Å². The van der Waals surface area contributed by atoms with E-state index in [1.54, 1.807) is 36.1 Å². The monoisotopic (exact) mass is 394 g/mol. The Balaban J connectivity index is 1.79. The number of hydrogen-bond donors (Lipinski definition) is 2. The minimum atomic E-state index is -0.216. The fourth-order valence-electron chi connectivity index (χ4n) is 3.33. The van der Waals surface area contributed by atoms with Gasteiger partial charge in [-0.3, -0.25) is 9.48 Å². The van der Waals surface area contributed by atoms with Crippen molar-refractivity contribution in [3.8, 4) is 17.0 Å². The first-order chi connectivity index (χ1) is 13.5. The maximum absolute atomic E-state index is 12.8. The number of aromatic amines is 1. The lowest BCUT2D eigenvalue weighted by Gasteiger charge is -2.09. The summed E-state index contributed by atoms with van der Waals surface area (Å²) in [6.07, 6.45) is 1.92. The summed E-state index contributed by atoms with van der Waals surface area (Å²) >= 11 is 5.92. The Morgan fingerprint density at radius 3 is 2.68 bits per heavy atom. The number of carbonyl (C=O) groups is 1. The van der Waals surface area contributed by atoms with Gasteiger partial charge in [-0.05, 0) is 49.4 Å². The first-order valence-corrected chi connectivity index (χ1v) is 9.11. The molecule has 0 saturated carbocycles. The summed E-state index contributed by atoms with van der Waals surface area (Å²) in [5.74, 6) is 0.547. The molecule has 0 radical (unpaired) electrons. The third kappa shape index (κ3) is 3.12. The quantitative estimate of drug-likeness (QED) is 0.522. The molecule has 0 spiro atoms. The number of nitrogens with one attached hydrogen (secondary N) is 2. The second-order valence-electron chi connectivity index (χ2n) is 6.51. The normalized spacial score (nSPS) is 11.0. The Morgan fingerprint density at radius 1 is 1.21 bits per heavy atom. The van der Waals surface area contributed by atoms with Crippen LogP contribution in [0.4, 0.5) is 5.69 Å². The van der Waals surface area contributed by atoms with Crippen molar-refractivity contribution in [2.75, 3.05) is 12.4 Å². The molecule has 0 aliphatic rings. The van der Waals surface area contributed by atoms with Crippen LogP contribution in [0.25, 0.3) is 22.2 Å². The summed E-state index contributed by atoms with van der Waals surface area (Å²) in [6, 6.07) is 12.6. The molecule has 0 atom stereocenters. The second kappa shape index (κ2) is 7.05. The van der Waals surface area contributed by atoms with Crippen LogP contribution in [0.2, 0.25) is 5.02 Å². The number of nitrogens with zero attached hydrogens (tertiary/aromatic N) is 2. The van der Waals surface area contributed by atoms with Gasteiger partial charge in [0.25, 0.3) is 5.91 Å². The Labute approximate surface area is 167 Å². The van der Waals surface area contributed by atoms with E-state index in [1.807, 2.05) is 38.4 Å². The van der Waals surface area contributed by atoms with Gasteiger partial charge in [0.2, 0.25) is 0 Å². The minimum absolute atomic E-state index is 0.216. The number of ether oxygens (including phenoxy) is 1. The number of halogens is 1. The molecular formula is C21H19ClN4O2. The van der Waals surface area contributed by atoms with Gasteiger partial charge in [0.15, 0.2) is 0 Å². The Hall–Kier alpha value is -3.25. The van der Waals surface area contributed by atoms with E-state index in [2.05, 4.69) is 15.4 Å². The fourth-order valence-corrected chi connectivity index (χ4v) is 3.45. The van der Waals surface area contributed by atoms with E-state index in [-0.39, 0.29) is 5.91 Å². The molecule has 28 heavy (non-hydrogen) atoms. The Kier molecular flexibility index (Phi) is 4.57. The molecule has 0 fully saturated rings. The molecule has 0 unspecified atom stereocenters. The molecule has 0 bridgehead atoms. The van der Waals surface area contributed by atoms with Gasteiger partial charge in [0, 0.05) is 40.3 Å². The molecule has 4 rings (SSSR count). The highest BCUT2D eigenvalue weighted by molar-refractivity contribution is 6.30. The van der Waals surface area contributed by atoms with Crippen LogP contribution >= 0.6 is 11.6 Å². The third-order valence-electron chi connectivity index (χ3n) is 4.71. The van der Waals surface area contributed by atoms with Crippen LogP contribution in [0.1, 0.15) is 16.1 Å². The van der Waals surface area contributed by atoms with Crippen molar-refractivity contribution >= 4 is 34.1 Å². The Morgan fingerprint density at radius 2 is 1.96 bits per heavy atom. The van der Waals surface area contributed by atoms with E-state index >= 15 is 0 Å². The molecule has 7 heteroatoms. The molecular weight excluding hydrogens is 376 g/mol. The van der Waals surface area contributed by atoms with Gasteiger partial charge >= 0.3 is 0 Å². The van der Waals surface area contributed by atoms with Gasteiger partial charge in [-0.25, -0.2) is 0 Å². The van der Waals surface area contributed by atoms with Crippen LogP contribution in [0.3, 0.4) is 0 Å². The number of H-pyrrole nitrogens is 1. The Bertz CT molecular complexity index is 1180. The molecule has 2 heterocycles. The maximum atomic E-state index is 12.8. The number of amides is 1. The number of anilines is 1. The first kappa shape index (κ1) is 18.1. The van der Waals surface area contributed by atoms with Crippen LogP contribution in [-0.2, 0) is 7.05 Å². The van der Waals surface area contributed by atoms with Crippen molar-refractivity contribution in [2.45, 2.75) is 6.92 Å². The number of carbonyl (C=O) groups excluding carboxylic acids is 1. The number of aromatic nitrogens is 3. The highest BCUT2D eigenvalue weighted by Gasteiger charge is 2.21. The summed E-state index contributed by atoms with van der Waals surface area (Å²) in [6.45, 7) is 1.87. The van der Waals surface area contributed by atoms with Crippen LogP contribution in [-0.4, -0.2) is 27.8 Å². The van der Waals surface area contributed by atoms with E-state index in [1.165, 1.54) is 0 Å². The largest absolute Gasteiger partial charge is 0.497 e. The lowest BCUT2D eigenvalue weighted by molar-refractivity contribution is 0.102. The van der Waals surface area contributed by atoms with Crippen LogP contribution in [0.5, 0.6) is 5.75 Å². The van der Waals surface area contributed by atoms with Gasteiger partial charge in [-0.15, -0.1) is 0 Å². The number of methoxy groups -OCH3 is 1. The molecule has 6 nitrogen and oxygen atoms in total. The molecule has 1 amide bonds. The summed E-state index contributed by atoms with van der Waals surface area (Å²) in [5.41, 5.74) is 4.66. The number of hydrogen-bond acceptors (Lipinski definition) is 3. The van der Waals surface area contributed by atoms with Crippen molar-refractivity contribution in [3.63, 3.8) is 0 Å². The zero-order chi connectivity index (χ0) is 19.8. The standard InChI is InChI=1S/C21H19ClN4O2/c1-12-19(24-21(27)13-4-6-14(22)7-5-13)20(26(2)25-12)17-11-23-18-9-8-15(28-3)10-16(17)18/h4-11,23H,1-3H3,(H,24,27). The van der Waals surface area contributed by atoms with Gasteiger partial charge in [0.05, 0.1) is 24.2 Å². The minimum Gasteiger partial charge on any atom is -0.497 e. The predicted molar refractivity (Wildman–Crippen MR) is 111 cm³/mol. The average molecular weight is 395 g/mol. The van der Waals surface area contributed by atoms with Crippen LogP contribution < -0.4 is 10.1 Å². The zero-order valence-electron chi connectivity index (χ0n) is 15.7. The number of fused-ring (bicyclic) bond motifs is 1. The van der Waals surface area contributed by atoms with Crippen molar-refractivity contribution in [1.29, 1.82) is 0 Å². The van der Waals surface area contributed by atoms with Crippen molar-refractivity contribution < 1.29 is 9.53 Å². The summed E-state index contributed by atoms with van der Waals surface area (Å²) in [7, 11) is 3.50. The van der Waals surface area contributed by atoms with E-state index in [9.17, 15) is 4.79 Å². The van der Waals surface area contributed by atoms with Crippen LogP contribution in [0, 0.1) is 6.92 Å².